The van der Waals surface area contributed by atoms with Crippen LogP contribution in [0, 0.1) is 0 Å². The highest BCUT2D eigenvalue weighted by Crippen LogP contribution is 2.16. The third kappa shape index (κ3) is 5.29. The van der Waals surface area contributed by atoms with Crippen LogP contribution in [0.2, 0.25) is 0 Å². The zero-order valence-electron chi connectivity index (χ0n) is 16.4. The first-order valence-corrected chi connectivity index (χ1v) is 10.3. The number of aromatic amines is 1. The minimum atomic E-state index is -0.206. The molecule has 0 saturated heterocycles. The molecule has 0 atom stereocenters. The van der Waals surface area contributed by atoms with Gasteiger partial charge in [0.05, 0.1) is 18.7 Å². The highest BCUT2D eigenvalue weighted by atomic mass is 32.1. The lowest BCUT2D eigenvalue weighted by atomic mass is 10.1. The molecule has 0 spiro atoms. The van der Waals surface area contributed by atoms with Gasteiger partial charge in [-0.2, -0.15) is 0 Å². The second-order valence-electron chi connectivity index (χ2n) is 6.69. The summed E-state index contributed by atoms with van der Waals surface area (Å²) in [6, 6.07) is 8.73. The number of Topliss-reactive ketones (excluding diaryl/α,β-unsaturated/α-hetero) is 1. The van der Waals surface area contributed by atoms with Crippen molar-refractivity contribution in [3.63, 3.8) is 0 Å². The van der Waals surface area contributed by atoms with Crippen molar-refractivity contribution in [2.75, 3.05) is 13.7 Å². The number of H-pyrrole nitrogens is 1. The molecule has 0 saturated carbocycles. The standard InChI is InChI=1S/C21H23N3O4S/c1-3-11-28-15-6-4-14(5-7-15)17(25)8-9-19(26)24(2)13-18-22-16-10-12-29-20(16)21(27)23-18/h4-7,10,12H,3,8-9,11,13H2,1-2H3,(H,22,23,27). The molecule has 0 aliphatic heterocycles. The van der Waals surface area contributed by atoms with Gasteiger partial charge in [0.1, 0.15) is 16.3 Å². The van der Waals surface area contributed by atoms with Crippen molar-refractivity contribution in [2.24, 2.45) is 0 Å². The Balaban J connectivity index is 1.53. The molecule has 1 amide bonds. The third-order valence-corrected chi connectivity index (χ3v) is 5.29. The molecule has 1 aromatic carbocycles. The predicted octanol–water partition coefficient (Wildman–Crippen LogP) is 3.39. The van der Waals surface area contributed by atoms with Crippen LogP contribution in [0.5, 0.6) is 5.75 Å². The van der Waals surface area contributed by atoms with Gasteiger partial charge in [0.25, 0.3) is 5.56 Å². The summed E-state index contributed by atoms with van der Waals surface area (Å²) in [5.74, 6) is 0.864. The van der Waals surface area contributed by atoms with E-state index >= 15 is 0 Å². The molecule has 0 fully saturated rings. The van der Waals surface area contributed by atoms with E-state index in [2.05, 4.69) is 9.97 Å². The molecule has 1 N–H and O–H groups in total. The molecule has 0 unspecified atom stereocenters. The highest BCUT2D eigenvalue weighted by molar-refractivity contribution is 7.17. The minimum absolute atomic E-state index is 0.0916. The molecule has 2 heterocycles. The average Bonchev–Trinajstić information content (AvgIpc) is 3.19. The maximum atomic E-state index is 12.4. The Morgan fingerprint density at radius 3 is 2.66 bits per heavy atom. The fourth-order valence-corrected chi connectivity index (χ4v) is 3.55. The van der Waals surface area contributed by atoms with E-state index in [1.54, 1.807) is 42.8 Å². The van der Waals surface area contributed by atoms with Gasteiger partial charge in [0.2, 0.25) is 5.91 Å². The van der Waals surface area contributed by atoms with Crippen LogP contribution in [-0.2, 0) is 11.3 Å². The molecule has 29 heavy (non-hydrogen) atoms. The van der Waals surface area contributed by atoms with E-state index in [9.17, 15) is 14.4 Å². The number of carbonyl (C=O) groups is 2. The number of nitrogens with one attached hydrogen (secondary N) is 1. The predicted molar refractivity (Wildman–Crippen MR) is 113 cm³/mol. The number of thiophene rings is 1. The SMILES string of the molecule is CCCOc1ccc(C(=O)CCC(=O)N(C)Cc2nc3ccsc3c(=O)[nH]2)cc1. The molecule has 3 aromatic rings. The fourth-order valence-electron chi connectivity index (χ4n) is 2.82. The van der Waals surface area contributed by atoms with Gasteiger partial charge in [-0.15, -0.1) is 11.3 Å². The summed E-state index contributed by atoms with van der Waals surface area (Å²) in [6.07, 6.45) is 1.13. The van der Waals surface area contributed by atoms with Gasteiger partial charge < -0.3 is 14.6 Å². The van der Waals surface area contributed by atoms with E-state index in [4.69, 9.17) is 4.74 Å². The summed E-state index contributed by atoms with van der Waals surface area (Å²) < 4.78 is 6.07. The van der Waals surface area contributed by atoms with E-state index in [0.29, 0.717) is 28.2 Å². The van der Waals surface area contributed by atoms with Crippen molar-refractivity contribution in [2.45, 2.75) is 32.7 Å². The largest absolute Gasteiger partial charge is 0.494 e. The summed E-state index contributed by atoms with van der Waals surface area (Å²) in [6.45, 7) is 2.84. The lowest BCUT2D eigenvalue weighted by molar-refractivity contribution is -0.130. The van der Waals surface area contributed by atoms with Crippen molar-refractivity contribution < 1.29 is 14.3 Å². The molecular formula is C21H23N3O4S. The van der Waals surface area contributed by atoms with E-state index in [1.165, 1.54) is 16.2 Å². The quantitative estimate of drug-likeness (QED) is 0.543. The number of hydrogen-bond acceptors (Lipinski definition) is 6. The van der Waals surface area contributed by atoms with Crippen LogP contribution in [0.3, 0.4) is 0 Å². The Bertz CT molecular complexity index is 1060. The van der Waals surface area contributed by atoms with Gasteiger partial charge in [0, 0.05) is 25.5 Å². The molecule has 7 nitrogen and oxygen atoms in total. The number of carbonyl (C=O) groups excluding carboxylic acids is 2. The van der Waals surface area contributed by atoms with Crippen molar-refractivity contribution in [1.82, 2.24) is 14.9 Å². The monoisotopic (exact) mass is 413 g/mol. The van der Waals surface area contributed by atoms with Crippen molar-refractivity contribution >= 4 is 33.2 Å². The Morgan fingerprint density at radius 2 is 1.93 bits per heavy atom. The van der Waals surface area contributed by atoms with Crippen LogP contribution < -0.4 is 10.3 Å². The second kappa shape index (κ2) is 9.47. The first kappa shape index (κ1) is 20.7. The fraction of sp³-hybridized carbons (Fsp3) is 0.333. The maximum Gasteiger partial charge on any atom is 0.268 e. The normalized spacial score (nSPS) is 10.8. The molecule has 0 aliphatic rings. The summed E-state index contributed by atoms with van der Waals surface area (Å²) in [5, 5.41) is 1.81. The number of aromatic nitrogens is 2. The Labute approximate surface area is 172 Å². The summed E-state index contributed by atoms with van der Waals surface area (Å²) >= 11 is 1.33. The number of ketones is 1. The Kier molecular flexibility index (Phi) is 6.77. The number of ether oxygens (including phenoxy) is 1. The smallest absolute Gasteiger partial charge is 0.268 e. The zero-order valence-corrected chi connectivity index (χ0v) is 17.3. The maximum absolute atomic E-state index is 12.4. The van der Waals surface area contributed by atoms with Crippen LogP contribution >= 0.6 is 11.3 Å². The Hall–Kier alpha value is -3.00. The van der Waals surface area contributed by atoms with E-state index in [1.807, 2.05) is 6.92 Å². The molecule has 152 valence electrons. The van der Waals surface area contributed by atoms with Crippen LogP contribution in [0.25, 0.3) is 10.2 Å². The molecule has 8 heteroatoms. The van der Waals surface area contributed by atoms with Gasteiger partial charge in [-0.25, -0.2) is 4.98 Å². The summed E-state index contributed by atoms with van der Waals surface area (Å²) in [5.41, 5.74) is 0.969. The van der Waals surface area contributed by atoms with Crippen LogP contribution in [0.1, 0.15) is 42.4 Å². The van der Waals surface area contributed by atoms with Crippen LogP contribution in [0.4, 0.5) is 0 Å². The molecule has 2 aromatic heterocycles. The third-order valence-electron chi connectivity index (χ3n) is 4.39. The van der Waals surface area contributed by atoms with Crippen LogP contribution in [0.15, 0.2) is 40.5 Å². The number of fused-ring (bicyclic) bond motifs is 1. The number of benzene rings is 1. The van der Waals surface area contributed by atoms with Crippen LogP contribution in [-0.4, -0.2) is 40.2 Å². The topological polar surface area (TPSA) is 92.4 Å². The van der Waals surface area contributed by atoms with E-state index < -0.39 is 0 Å². The van der Waals surface area contributed by atoms with Crippen molar-refractivity contribution in [1.29, 1.82) is 0 Å². The summed E-state index contributed by atoms with van der Waals surface area (Å²) in [7, 11) is 1.63. The Morgan fingerprint density at radius 1 is 1.17 bits per heavy atom. The second-order valence-corrected chi connectivity index (χ2v) is 7.61. The first-order chi connectivity index (χ1) is 14.0. The molecule has 0 bridgehead atoms. The number of nitrogens with zero attached hydrogens (tertiary/aromatic N) is 2. The molecule has 0 aliphatic carbocycles. The lowest BCUT2D eigenvalue weighted by Gasteiger charge is -2.16. The van der Waals surface area contributed by atoms with Crippen molar-refractivity contribution in [3.8, 4) is 5.75 Å². The van der Waals surface area contributed by atoms with E-state index in [-0.39, 0.29) is 36.6 Å². The van der Waals surface area contributed by atoms with Gasteiger partial charge >= 0.3 is 0 Å². The zero-order chi connectivity index (χ0) is 20.8. The molecule has 3 rings (SSSR count). The lowest BCUT2D eigenvalue weighted by Crippen LogP contribution is -2.28. The average molecular weight is 413 g/mol. The number of hydrogen-bond donors (Lipinski definition) is 1. The van der Waals surface area contributed by atoms with Gasteiger partial charge in [-0.3, -0.25) is 14.4 Å². The van der Waals surface area contributed by atoms with Gasteiger partial charge in [-0.1, -0.05) is 6.92 Å². The van der Waals surface area contributed by atoms with Gasteiger partial charge in [0.15, 0.2) is 5.78 Å². The number of rotatable bonds is 9. The molecule has 0 radical (unpaired) electrons. The molecular weight excluding hydrogens is 390 g/mol. The first-order valence-electron chi connectivity index (χ1n) is 9.44. The van der Waals surface area contributed by atoms with E-state index in [0.717, 1.165) is 12.2 Å². The number of amides is 1. The van der Waals surface area contributed by atoms with Gasteiger partial charge in [-0.05, 0) is 42.1 Å². The highest BCUT2D eigenvalue weighted by Gasteiger charge is 2.15. The minimum Gasteiger partial charge on any atom is -0.494 e. The van der Waals surface area contributed by atoms with Crippen molar-refractivity contribution in [3.05, 3.63) is 57.5 Å². The summed E-state index contributed by atoms with van der Waals surface area (Å²) in [4.78, 5) is 45.3.